The van der Waals surface area contributed by atoms with Crippen molar-refractivity contribution in [2.75, 3.05) is 0 Å². The van der Waals surface area contributed by atoms with Gasteiger partial charge >= 0.3 is 5.97 Å². The molecule has 1 aromatic rings. The van der Waals surface area contributed by atoms with Crippen molar-refractivity contribution in [3.8, 4) is 5.75 Å². The average Bonchev–Trinajstić information content (AvgIpc) is 2.11. The Morgan fingerprint density at radius 1 is 1.57 bits per heavy atom. The first-order chi connectivity index (χ1) is 6.50. The third-order valence-electron chi connectivity index (χ3n) is 1.79. The summed E-state index contributed by atoms with van der Waals surface area (Å²) < 4.78 is 0. The zero-order valence-electron chi connectivity index (χ0n) is 7.27. The van der Waals surface area contributed by atoms with Crippen LogP contribution in [0.15, 0.2) is 18.2 Å². The molecule has 0 bridgehead atoms. The number of hydrogen-bond acceptors (Lipinski definition) is 3. The van der Waals surface area contributed by atoms with Crippen molar-refractivity contribution in [3.05, 3.63) is 28.8 Å². The van der Waals surface area contributed by atoms with E-state index in [0.29, 0.717) is 10.6 Å². The van der Waals surface area contributed by atoms with E-state index in [1.807, 2.05) is 0 Å². The molecule has 0 unspecified atom stereocenters. The molecule has 76 valence electrons. The van der Waals surface area contributed by atoms with Crippen LogP contribution in [0.1, 0.15) is 5.56 Å². The number of carbonyl (C=O) groups is 1. The first kappa shape index (κ1) is 10.8. The maximum absolute atomic E-state index is 10.5. The molecule has 4 N–H and O–H groups in total. The second-order valence-electron chi connectivity index (χ2n) is 2.92. The molecule has 0 aliphatic heterocycles. The van der Waals surface area contributed by atoms with Gasteiger partial charge in [-0.05, 0) is 30.2 Å². The van der Waals surface area contributed by atoms with E-state index in [4.69, 9.17) is 27.5 Å². The van der Waals surface area contributed by atoms with Crippen molar-refractivity contribution in [2.24, 2.45) is 5.73 Å². The van der Waals surface area contributed by atoms with E-state index in [0.717, 1.165) is 0 Å². The zero-order valence-corrected chi connectivity index (χ0v) is 8.03. The minimum atomic E-state index is -1.09. The fourth-order valence-corrected chi connectivity index (χ4v) is 1.24. The molecule has 0 saturated carbocycles. The quantitative estimate of drug-likeness (QED) is 0.703. The van der Waals surface area contributed by atoms with Gasteiger partial charge < -0.3 is 15.9 Å². The van der Waals surface area contributed by atoms with Gasteiger partial charge in [-0.15, -0.1) is 0 Å². The number of carboxylic acids is 1. The van der Waals surface area contributed by atoms with E-state index in [1.165, 1.54) is 18.2 Å². The first-order valence-corrected chi connectivity index (χ1v) is 4.34. The molecule has 0 aliphatic rings. The molecule has 0 saturated heterocycles. The summed E-state index contributed by atoms with van der Waals surface area (Å²) >= 11 is 5.79. The highest BCUT2D eigenvalue weighted by molar-refractivity contribution is 6.31. The molecule has 0 aliphatic carbocycles. The number of carboxylic acid groups (broad SMARTS) is 1. The van der Waals surface area contributed by atoms with E-state index in [9.17, 15) is 4.79 Å². The SMILES string of the molecule is N[C@@H](Cc1cc(O)ccc1Cl)C(=O)O. The van der Waals surface area contributed by atoms with Crippen LogP contribution in [0.4, 0.5) is 0 Å². The zero-order chi connectivity index (χ0) is 10.7. The third-order valence-corrected chi connectivity index (χ3v) is 2.16. The highest BCUT2D eigenvalue weighted by atomic mass is 35.5. The normalized spacial score (nSPS) is 12.4. The van der Waals surface area contributed by atoms with E-state index < -0.39 is 12.0 Å². The standard InChI is InChI=1S/C9H10ClNO3/c10-7-2-1-6(12)3-5(7)4-8(11)9(13)14/h1-3,8,12H,4,11H2,(H,13,14)/t8-/m0/s1. The van der Waals surface area contributed by atoms with Crippen molar-refractivity contribution in [1.82, 2.24) is 0 Å². The molecule has 4 nitrogen and oxygen atoms in total. The molecular formula is C9H10ClNO3. The molecular weight excluding hydrogens is 206 g/mol. The predicted molar refractivity (Wildman–Crippen MR) is 52.4 cm³/mol. The minimum Gasteiger partial charge on any atom is -0.508 e. The fourth-order valence-electron chi connectivity index (χ4n) is 1.04. The highest BCUT2D eigenvalue weighted by Crippen LogP contribution is 2.22. The Morgan fingerprint density at radius 3 is 2.79 bits per heavy atom. The lowest BCUT2D eigenvalue weighted by Gasteiger charge is -2.08. The van der Waals surface area contributed by atoms with Gasteiger partial charge in [0, 0.05) is 5.02 Å². The number of aliphatic carboxylic acids is 1. The molecule has 0 aromatic heterocycles. The number of phenolic OH excluding ortho intramolecular Hbond substituents is 1. The molecule has 14 heavy (non-hydrogen) atoms. The third kappa shape index (κ3) is 2.61. The average molecular weight is 216 g/mol. The lowest BCUT2D eigenvalue weighted by Crippen LogP contribution is -2.32. The summed E-state index contributed by atoms with van der Waals surface area (Å²) in [6.45, 7) is 0. The van der Waals surface area contributed by atoms with Gasteiger partial charge in [-0.3, -0.25) is 4.79 Å². The van der Waals surface area contributed by atoms with Crippen molar-refractivity contribution < 1.29 is 15.0 Å². The van der Waals surface area contributed by atoms with Crippen LogP contribution in [0.25, 0.3) is 0 Å². The molecule has 1 rings (SSSR count). The van der Waals surface area contributed by atoms with Crippen LogP contribution >= 0.6 is 11.6 Å². The second-order valence-corrected chi connectivity index (χ2v) is 3.33. The molecule has 5 heteroatoms. The summed E-state index contributed by atoms with van der Waals surface area (Å²) in [6, 6.07) is 3.33. The van der Waals surface area contributed by atoms with Gasteiger partial charge in [0.05, 0.1) is 0 Å². The van der Waals surface area contributed by atoms with Crippen LogP contribution in [0.5, 0.6) is 5.75 Å². The lowest BCUT2D eigenvalue weighted by atomic mass is 10.1. The Morgan fingerprint density at radius 2 is 2.21 bits per heavy atom. The largest absolute Gasteiger partial charge is 0.508 e. The van der Waals surface area contributed by atoms with Crippen LogP contribution in [0.2, 0.25) is 5.02 Å². The van der Waals surface area contributed by atoms with Gasteiger partial charge in [0.15, 0.2) is 0 Å². The Bertz CT molecular complexity index is 354. The smallest absolute Gasteiger partial charge is 0.320 e. The highest BCUT2D eigenvalue weighted by Gasteiger charge is 2.14. The van der Waals surface area contributed by atoms with E-state index in [-0.39, 0.29) is 12.2 Å². The van der Waals surface area contributed by atoms with E-state index in [1.54, 1.807) is 0 Å². The van der Waals surface area contributed by atoms with Crippen molar-refractivity contribution in [2.45, 2.75) is 12.5 Å². The predicted octanol–water partition coefficient (Wildman–Crippen LogP) is 1.00. The molecule has 0 fully saturated rings. The molecule has 1 aromatic carbocycles. The number of hydrogen-bond donors (Lipinski definition) is 3. The van der Waals surface area contributed by atoms with Gasteiger partial charge in [-0.25, -0.2) is 0 Å². The molecule has 0 spiro atoms. The Labute approximate surface area is 85.9 Å². The van der Waals surface area contributed by atoms with Gasteiger partial charge in [0.1, 0.15) is 11.8 Å². The van der Waals surface area contributed by atoms with Crippen molar-refractivity contribution >= 4 is 17.6 Å². The summed E-state index contributed by atoms with van der Waals surface area (Å²) in [4.78, 5) is 10.5. The number of benzene rings is 1. The van der Waals surface area contributed by atoms with Crippen LogP contribution in [0.3, 0.4) is 0 Å². The van der Waals surface area contributed by atoms with Crippen LogP contribution in [-0.2, 0) is 11.2 Å². The van der Waals surface area contributed by atoms with Gasteiger partial charge in [-0.1, -0.05) is 11.6 Å². The first-order valence-electron chi connectivity index (χ1n) is 3.96. The number of halogens is 1. The van der Waals surface area contributed by atoms with Crippen LogP contribution < -0.4 is 5.73 Å². The Balaban J connectivity index is 2.85. The van der Waals surface area contributed by atoms with E-state index in [2.05, 4.69) is 0 Å². The number of aromatic hydroxyl groups is 1. The summed E-state index contributed by atoms with van der Waals surface area (Å²) in [5, 5.41) is 18.1. The molecule has 0 amide bonds. The van der Waals surface area contributed by atoms with E-state index >= 15 is 0 Å². The lowest BCUT2D eigenvalue weighted by molar-refractivity contribution is -0.138. The summed E-state index contributed by atoms with van der Waals surface area (Å²) in [7, 11) is 0. The van der Waals surface area contributed by atoms with Gasteiger partial charge in [0.25, 0.3) is 0 Å². The minimum absolute atomic E-state index is 0.0435. The molecule has 0 radical (unpaired) electrons. The fraction of sp³-hybridized carbons (Fsp3) is 0.222. The molecule has 1 atom stereocenters. The number of rotatable bonds is 3. The van der Waals surface area contributed by atoms with Crippen molar-refractivity contribution in [1.29, 1.82) is 0 Å². The summed E-state index contributed by atoms with van der Waals surface area (Å²) in [5.74, 6) is -1.05. The maximum atomic E-state index is 10.5. The van der Waals surface area contributed by atoms with Crippen molar-refractivity contribution in [3.63, 3.8) is 0 Å². The molecule has 0 heterocycles. The Kier molecular flexibility index (Phi) is 3.33. The maximum Gasteiger partial charge on any atom is 0.320 e. The summed E-state index contributed by atoms with van der Waals surface area (Å²) in [5.41, 5.74) is 5.86. The second kappa shape index (κ2) is 4.30. The Hall–Kier alpha value is -1.26. The van der Waals surface area contributed by atoms with Crippen LogP contribution in [0, 0.1) is 0 Å². The van der Waals surface area contributed by atoms with Crippen LogP contribution in [-0.4, -0.2) is 22.2 Å². The van der Waals surface area contributed by atoms with Gasteiger partial charge in [-0.2, -0.15) is 0 Å². The number of nitrogens with two attached hydrogens (primary N) is 1. The summed E-state index contributed by atoms with van der Waals surface area (Å²) in [6.07, 6.45) is 0.0998. The number of phenols is 1. The van der Waals surface area contributed by atoms with Gasteiger partial charge in [0.2, 0.25) is 0 Å². The monoisotopic (exact) mass is 215 g/mol. The topological polar surface area (TPSA) is 83.5 Å².